The molecule has 5 aromatic rings. The fourth-order valence-electron chi connectivity index (χ4n) is 4.74. The van der Waals surface area contributed by atoms with E-state index in [1.807, 2.05) is 18.2 Å². The molecule has 2 heterocycles. The second-order valence-electron chi connectivity index (χ2n) is 9.53. The van der Waals surface area contributed by atoms with Crippen molar-refractivity contribution in [3.05, 3.63) is 101 Å². The van der Waals surface area contributed by atoms with Crippen LogP contribution < -0.4 is 4.74 Å². The van der Waals surface area contributed by atoms with Crippen molar-refractivity contribution < 1.29 is 32.9 Å². The maximum Gasteiger partial charge on any atom is 0.290 e. The molecule has 42 heavy (non-hydrogen) atoms. The normalized spacial score (nSPS) is 11.6. The largest absolute Gasteiger partial charge is 0.483 e. The van der Waals surface area contributed by atoms with E-state index in [0.29, 0.717) is 41.6 Å². The van der Waals surface area contributed by atoms with Crippen LogP contribution in [0.1, 0.15) is 41.8 Å². The fourth-order valence-corrected chi connectivity index (χ4v) is 4.74. The molecular weight excluding hydrogens is 544 g/mol. The van der Waals surface area contributed by atoms with E-state index in [1.54, 1.807) is 26.4 Å². The topological polar surface area (TPSA) is 109 Å². The number of carbonyl (C=O) groups is 1. The van der Waals surface area contributed by atoms with Crippen LogP contribution in [0.4, 0.5) is 8.78 Å². The van der Waals surface area contributed by atoms with Gasteiger partial charge in [-0.15, -0.1) is 0 Å². The molecule has 0 spiro atoms. The molecule has 0 aliphatic heterocycles. The molecule has 5 rings (SSSR count). The van der Waals surface area contributed by atoms with Gasteiger partial charge in [-0.3, -0.25) is 4.79 Å². The number of fused-ring (bicyclic) bond motifs is 1. The van der Waals surface area contributed by atoms with Gasteiger partial charge < -0.3 is 29.3 Å². The van der Waals surface area contributed by atoms with Crippen molar-refractivity contribution in [2.24, 2.45) is 0 Å². The summed E-state index contributed by atoms with van der Waals surface area (Å²) in [4.78, 5) is 19.1. The minimum absolute atomic E-state index is 0.0957. The van der Waals surface area contributed by atoms with Gasteiger partial charge in [0.1, 0.15) is 23.5 Å². The van der Waals surface area contributed by atoms with Gasteiger partial charge in [0.15, 0.2) is 11.6 Å². The second kappa shape index (κ2) is 14.4. The number of hydrogen-bond acceptors (Lipinski definition) is 5. The molecular formula is C32H33F2N3O5. The predicted molar refractivity (Wildman–Crippen MR) is 156 cm³/mol. The molecule has 220 valence electrons. The van der Waals surface area contributed by atoms with E-state index in [9.17, 15) is 8.78 Å². The number of ether oxygens (including phenoxy) is 3. The van der Waals surface area contributed by atoms with E-state index in [2.05, 4.69) is 34.0 Å². The lowest BCUT2D eigenvalue weighted by molar-refractivity contribution is -0.122. The van der Waals surface area contributed by atoms with E-state index < -0.39 is 17.7 Å². The number of halogens is 2. The number of aromatic nitrogens is 3. The minimum Gasteiger partial charge on any atom is -0.483 e. The summed E-state index contributed by atoms with van der Waals surface area (Å²) in [7, 11) is 1.62. The molecule has 0 amide bonds. The molecule has 8 nitrogen and oxygen atoms in total. The summed E-state index contributed by atoms with van der Waals surface area (Å²) in [6.45, 7) is 4.49. The summed E-state index contributed by atoms with van der Waals surface area (Å²) < 4.78 is 47.1. The SMILES string of the molecule is CCCc1cccc(C(OCCOC)c2cnc(-c3cc(Oc4c(F)cc5[nH]ccc5c4C)ccc3F)[nH]2)c1.O=CO. The van der Waals surface area contributed by atoms with Gasteiger partial charge in [0.05, 0.1) is 30.7 Å². The van der Waals surface area contributed by atoms with E-state index in [4.69, 9.17) is 24.1 Å². The Morgan fingerprint density at radius 2 is 1.88 bits per heavy atom. The number of methoxy groups -OCH3 is 1. The quantitative estimate of drug-likeness (QED) is 0.112. The van der Waals surface area contributed by atoms with Crippen molar-refractivity contribution in [3.63, 3.8) is 0 Å². The Balaban J connectivity index is 0.00000129. The third kappa shape index (κ3) is 7.02. The molecule has 2 aromatic heterocycles. The van der Waals surface area contributed by atoms with Gasteiger partial charge in [-0.2, -0.15) is 0 Å². The molecule has 0 aliphatic rings. The highest BCUT2D eigenvalue weighted by atomic mass is 19.1. The fraction of sp³-hybridized carbons (Fsp3) is 0.250. The number of rotatable bonds is 11. The van der Waals surface area contributed by atoms with E-state index in [0.717, 1.165) is 23.8 Å². The predicted octanol–water partition coefficient (Wildman–Crippen LogP) is 7.34. The van der Waals surface area contributed by atoms with Gasteiger partial charge in [-0.05, 0) is 48.7 Å². The number of nitrogens with one attached hydrogen (secondary N) is 2. The number of benzene rings is 3. The van der Waals surface area contributed by atoms with Gasteiger partial charge >= 0.3 is 0 Å². The van der Waals surface area contributed by atoms with Crippen LogP contribution in [0.15, 0.2) is 67.0 Å². The number of imidazole rings is 1. The van der Waals surface area contributed by atoms with Gasteiger partial charge in [0.25, 0.3) is 6.47 Å². The molecule has 3 N–H and O–H groups in total. The zero-order chi connectivity index (χ0) is 30.1. The van der Waals surface area contributed by atoms with Crippen LogP contribution >= 0.6 is 0 Å². The minimum atomic E-state index is -0.505. The number of H-pyrrole nitrogens is 2. The van der Waals surface area contributed by atoms with Gasteiger partial charge in [0, 0.05) is 35.8 Å². The van der Waals surface area contributed by atoms with Crippen LogP contribution in [-0.4, -0.2) is 46.9 Å². The van der Waals surface area contributed by atoms with Crippen molar-refractivity contribution in [1.29, 1.82) is 0 Å². The van der Waals surface area contributed by atoms with Crippen LogP contribution in [-0.2, 0) is 20.7 Å². The Morgan fingerprint density at radius 3 is 2.64 bits per heavy atom. The number of nitrogens with zero attached hydrogens (tertiary/aromatic N) is 1. The molecule has 0 saturated heterocycles. The van der Waals surface area contributed by atoms with Crippen molar-refractivity contribution in [3.8, 4) is 22.9 Å². The highest BCUT2D eigenvalue weighted by Crippen LogP contribution is 2.36. The third-order valence-electron chi connectivity index (χ3n) is 6.67. The first-order valence-electron chi connectivity index (χ1n) is 13.5. The second-order valence-corrected chi connectivity index (χ2v) is 9.53. The zero-order valence-corrected chi connectivity index (χ0v) is 23.6. The lowest BCUT2D eigenvalue weighted by atomic mass is 10.0. The molecule has 1 atom stereocenters. The highest BCUT2D eigenvalue weighted by molar-refractivity contribution is 5.85. The van der Waals surface area contributed by atoms with Crippen LogP contribution in [0.2, 0.25) is 0 Å². The Bertz CT molecular complexity index is 1630. The maximum absolute atomic E-state index is 15.0. The van der Waals surface area contributed by atoms with Crippen molar-refractivity contribution >= 4 is 17.4 Å². The standard InChI is InChI=1S/C31H31F2N3O3.CH2O2/c1-4-6-20-7-5-8-21(15-20)30(38-14-13-37-3)28-18-35-31(36-28)24-16-22(9-10-25(24)32)39-29-19(2)23-11-12-34-27(23)17-26(29)33;2-1-3/h5,7-12,15-18,30,34H,4,6,13-14H2,1-3H3,(H,35,36);1H,(H,2,3). The van der Waals surface area contributed by atoms with Gasteiger partial charge in [-0.1, -0.05) is 37.6 Å². The smallest absolute Gasteiger partial charge is 0.290 e. The van der Waals surface area contributed by atoms with Crippen LogP contribution in [0.5, 0.6) is 11.5 Å². The zero-order valence-electron chi connectivity index (χ0n) is 23.6. The molecule has 0 fully saturated rings. The first-order chi connectivity index (χ1) is 20.4. The molecule has 3 aromatic carbocycles. The summed E-state index contributed by atoms with van der Waals surface area (Å²) >= 11 is 0. The maximum atomic E-state index is 15.0. The Labute approximate surface area is 242 Å². The molecule has 0 bridgehead atoms. The summed E-state index contributed by atoms with van der Waals surface area (Å²) in [6.07, 6.45) is 4.95. The first-order valence-corrected chi connectivity index (χ1v) is 13.5. The Morgan fingerprint density at radius 1 is 1.07 bits per heavy atom. The number of hydrogen-bond donors (Lipinski definition) is 3. The van der Waals surface area contributed by atoms with E-state index >= 15 is 0 Å². The Kier molecular flexibility index (Phi) is 10.4. The summed E-state index contributed by atoms with van der Waals surface area (Å²) in [5.41, 5.74) is 4.40. The first kappa shape index (κ1) is 30.4. The number of carboxylic acid groups (broad SMARTS) is 1. The van der Waals surface area contributed by atoms with E-state index in [1.165, 1.54) is 29.8 Å². The Hall–Kier alpha value is -4.54. The monoisotopic (exact) mass is 577 g/mol. The number of aromatic amines is 2. The van der Waals surface area contributed by atoms with Gasteiger partial charge in [-0.25, -0.2) is 13.8 Å². The van der Waals surface area contributed by atoms with Crippen molar-refractivity contribution in [2.45, 2.75) is 32.8 Å². The van der Waals surface area contributed by atoms with Crippen molar-refractivity contribution in [2.75, 3.05) is 20.3 Å². The molecule has 10 heteroatoms. The van der Waals surface area contributed by atoms with Crippen LogP contribution in [0.3, 0.4) is 0 Å². The lowest BCUT2D eigenvalue weighted by Gasteiger charge is -2.18. The molecule has 0 radical (unpaired) electrons. The third-order valence-corrected chi connectivity index (χ3v) is 6.67. The summed E-state index contributed by atoms with van der Waals surface area (Å²) in [5.74, 6) is -0.283. The summed E-state index contributed by atoms with van der Waals surface area (Å²) in [6, 6.07) is 15.8. The average molecular weight is 578 g/mol. The number of aryl methyl sites for hydroxylation is 2. The van der Waals surface area contributed by atoms with Crippen LogP contribution in [0, 0.1) is 18.6 Å². The van der Waals surface area contributed by atoms with E-state index in [-0.39, 0.29) is 17.8 Å². The highest BCUT2D eigenvalue weighted by Gasteiger charge is 2.21. The molecule has 0 saturated carbocycles. The summed E-state index contributed by atoms with van der Waals surface area (Å²) in [5, 5.41) is 7.74. The molecule has 0 aliphatic carbocycles. The molecule has 1 unspecified atom stereocenters. The average Bonchev–Trinajstić information content (AvgIpc) is 3.65. The van der Waals surface area contributed by atoms with Crippen molar-refractivity contribution in [1.82, 2.24) is 15.0 Å². The van der Waals surface area contributed by atoms with Gasteiger partial charge in [0.2, 0.25) is 0 Å². The lowest BCUT2D eigenvalue weighted by Crippen LogP contribution is -2.11. The van der Waals surface area contributed by atoms with Crippen LogP contribution in [0.25, 0.3) is 22.3 Å².